The summed E-state index contributed by atoms with van der Waals surface area (Å²) >= 11 is 0. The molecule has 0 unspecified atom stereocenters. The summed E-state index contributed by atoms with van der Waals surface area (Å²) in [6.45, 7) is 0. The monoisotopic (exact) mass is 958 g/mol. The molecule has 0 N–H and O–H groups in total. The topological polar surface area (TPSA) is 0 Å². The van der Waals surface area contributed by atoms with Gasteiger partial charge in [-0.3, -0.25) is 0 Å². The summed E-state index contributed by atoms with van der Waals surface area (Å²) in [6, 6.07) is 104. The van der Waals surface area contributed by atoms with E-state index in [1.165, 1.54) is 164 Å². The lowest BCUT2D eigenvalue weighted by Crippen LogP contribution is -1.90. The summed E-state index contributed by atoms with van der Waals surface area (Å²) in [6.07, 6.45) is 0. The molecule has 0 fully saturated rings. The summed E-state index contributed by atoms with van der Waals surface area (Å²) in [5.74, 6) is 0. The second kappa shape index (κ2) is 16.8. The Labute approximate surface area is 440 Å². The zero-order chi connectivity index (χ0) is 49.8. The molecule has 0 atom stereocenters. The maximum Gasteiger partial charge on any atom is -0.00203 e. The standard InChI is InChI=1S/C76H46/c1-3-14-61-49(8-1)10-6-16-62(61)51-26-28-54(29-27-51)66-40-31-56-34-42-69-64(38-30-55-35-43-70(66)74(56)73(55)69)52-22-18-47(19-23-52)59-12-5-13-60(46-59)48-20-24-53(25-21-48)65-39-32-57-37-45-72-68(41-33-58-36-44-71(65)75(57)76(58)72)67-17-7-11-50-9-2-4-15-63(50)67/h1-46H. The highest BCUT2D eigenvalue weighted by molar-refractivity contribution is 6.29. The Kier molecular flexibility index (Phi) is 9.44. The molecule has 0 saturated carbocycles. The van der Waals surface area contributed by atoms with Gasteiger partial charge in [-0.2, -0.15) is 0 Å². The normalized spacial score (nSPS) is 11.9. The van der Waals surface area contributed by atoms with Crippen molar-refractivity contribution in [2.24, 2.45) is 0 Å². The van der Waals surface area contributed by atoms with Gasteiger partial charge in [0, 0.05) is 0 Å². The second-order valence-corrected chi connectivity index (χ2v) is 20.7. The van der Waals surface area contributed by atoms with Crippen LogP contribution in [0.25, 0.3) is 164 Å². The molecule has 0 nitrogen and oxygen atoms in total. The quantitative estimate of drug-likeness (QED) is 0.140. The van der Waals surface area contributed by atoms with E-state index in [1.807, 2.05) is 0 Å². The molecule has 0 radical (unpaired) electrons. The van der Waals surface area contributed by atoms with Gasteiger partial charge in [-0.25, -0.2) is 0 Å². The van der Waals surface area contributed by atoms with Crippen LogP contribution < -0.4 is 0 Å². The molecular formula is C76H46. The average Bonchev–Trinajstić information content (AvgIpc) is 3.51. The average molecular weight is 959 g/mol. The fourth-order valence-electron chi connectivity index (χ4n) is 12.9. The SMILES string of the molecule is c1cc(-c2ccc(-c3ccc4ccc5c(-c6ccc(-c7cccc8ccccc78)cc6)ccc6ccc3c4c65)cc2)cc(-c2ccc(-c3ccc4ccc5c(-c6cccc7ccccc67)ccc6ccc3c4c65)cc2)c1. The van der Waals surface area contributed by atoms with Crippen LogP contribution in [0.15, 0.2) is 279 Å². The Morgan fingerprint density at radius 3 is 0.829 bits per heavy atom. The Morgan fingerprint density at radius 2 is 0.408 bits per heavy atom. The molecule has 0 heterocycles. The van der Waals surface area contributed by atoms with Crippen molar-refractivity contribution < 1.29 is 0 Å². The number of hydrogen-bond acceptors (Lipinski definition) is 0. The van der Waals surface area contributed by atoms with E-state index < -0.39 is 0 Å². The van der Waals surface area contributed by atoms with Crippen LogP contribution in [0.3, 0.4) is 0 Å². The van der Waals surface area contributed by atoms with Crippen LogP contribution in [-0.4, -0.2) is 0 Å². The van der Waals surface area contributed by atoms with Crippen LogP contribution in [0.5, 0.6) is 0 Å². The second-order valence-electron chi connectivity index (χ2n) is 20.7. The largest absolute Gasteiger partial charge is 0.0616 e. The predicted octanol–water partition coefficient (Wildman–Crippen LogP) is 21.5. The number of benzene rings is 16. The molecule has 0 bridgehead atoms. The smallest absolute Gasteiger partial charge is 0.00203 e. The molecule has 0 aromatic heterocycles. The predicted molar refractivity (Wildman–Crippen MR) is 327 cm³/mol. The van der Waals surface area contributed by atoms with Gasteiger partial charge in [-0.1, -0.05) is 273 Å². The first-order chi connectivity index (χ1) is 37.7. The van der Waals surface area contributed by atoms with Gasteiger partial charge in [0.1, 0.15) is 0 Å². The maximum absolute atomic E-state index is 2.33. The molecule has 76 heavy (non-hydrogen) atoms. The van der Waals surface area contributed by atoms with E-state index >= 15 is 0 Å². The zero-order valence-corrected chi connectivity index (χ0v) is 41.6. The van der Waals surface area contributed by atoms with E-state index in [4.69, 9.17) is 0 Å². The van der Waals surface area contributed by atoms with Crippen molar-refractivity contribution >= 4 is 86.2 Å². The first-order valence-corrected chi connectivity index (χ1v) is 26.5. The van der Waals surface area contributed by atoms with Gasteiger partial charge >= 0.3 is 0 Å². The van der Waals surface area contributed by atoms with E-state index in [1.54, 1.807) is 0 Å². The molecule has 0 spiro atoms. The van der Waals surface area contributed by atoms with Gasteiger partial charge in [-0.15, -0.1) is 0 Å². The zero-order valence-electron chi connectivity index (χ0n) is 41.6. The summed E-state index contributed by atoms with van der Waals surface area (Å²) in [4.78, 5) is 0. The van der Waals surface area contributed by atoms with Crippen molar-refractivity contribution in [3.63, 3.8) is 0 Å². The lowest BCUT2D eigenvalue weighted by molar-refractivity contribution is 1.58. The fourth-order valence-corrected chi connectivity index (χ4v) is 12.9. The van der Waals surface area contributed by atoms with Crippen LogP contribution in [-0.2, 0) is 0 Å². The molecule has 0 heteroatoms. The van der Waals surface area contributed by atoms with Crippen LogP contribution in [0.1, 0.15) is 0 Å². The van der Waals surface area contributed by atoms with Crippen molar-refractivity contribution in [2.45, 2.75) is 0 Å². The maximum atomic E-state index is 2.33. The third-order valence-electron chi connectivity index (χ3n) is 16.6. The number of fused-ring (bicyclic) bond motifs is 2. The molecule has 350 valence electrons. The van der Waals surface area contributed by atoms with Gasteiger partial charge in [0.25, 0.3) is 0 Å². The number of hydrogen-bond donors (Lipinski definition) is 0. The highest BCUT2D eigenvalue weighted by Crippen LogP contribution is 2.46. The molecule has 0 aliphatic heterocycles. The Balaban J connectivity index is 0.699. The molecule has 0 aliphatic carbocycles. The molecular weight excluding hydrogens is 913 g/mol. The van der Waals surface area contributed by atoms with Crippen molar-refractivity contribution in [3.8, 4) is 77.9 Å². The fraction of sp³-hybridized carbons (Fsp3) is 0. The van der Waals surface area contributed by atoms with Gasteiger partial charge in [0.15, 0.2) is 0 Å². The Bertz CT molecular complexity index is 4930. The van der Waals surface area contributed by atoms with Gasteiger partial charge in [0.05, 0.1) is 0 Å². The molecule has 16 rings (SSSR count). The van der Waals surface area contributed by atoms with E-state index in [9.17, 15) is 0 Å². The summed E-state index contributed by atoms with van der Waals surface area (Å²) in [5, 5.41) is 20.7. The van der Waals surface area contributed by atoms with Crippen LogP contribution >= 0.6 is 0 Å². The minimum Gasteiger partial charge on any atom is -0.0616 e. The highest BCUT2D eigenvalue weighted by atomic mass is 14.2. The third kappa shape index (κ3) is 6.64. The molecule has 0 amide bonds. The summed E-state index contributed by atoms with van der Waals surface area (Å²) in [7, 11) is 0. The first-order valence-electron chi connectivity index (χ1n) is 26.5. The highest BCUT2D eigenvalue weighted by Gasteiger charge is 2.18. The van der Waals surface area contributed by atoms with Gasteiger partial charge < -0.3 is 0 Å². The van der Waals surface area contributed by atoms with E-state index in [2.05, 4.69) is 279 Å². The summed E-state index contributed by atoms with van der Waals surface area (Å²) in [5.41, 5.74) is 17.3. The molecule has 0 aliphatic rings. The van der Waals surface area contributed by atoms with E-state index in [0.717, 1.165) is 0 Å². The van der Waals surface area contributed by atoms with Crippen molar-refractivity contribution in [1.82, 2.24) is 0 Å². The van der Waals surface area contributed by atoms with E-state index in [-0.39, 0.29) is 0 Å². The first kappa shape index (κ1) is 42.6. The Morgan fingerprint density at radius 1 is 0.132 bits per heavy atom. The summed E-state index contributed by atoms with van der Waals surface area (Å²) < 4.78 is 0. The van der Waals surface area contributed by atoms with Gasteiger partial charge in [-0.05, 0) is 170 Å². The molecule has 0 saturated heterocycles. The minimum absolute atomic E-state index is 1.20. The van der Waals surface area contributed by atoms with Crippen LogP contribution in [0.2, 0.25) is 0 Å². The Hall–Kier alpha value is -9.88. The minimum atomic E-state index is 1.20. The van der Waals surface area contributed by atoms with Crippen LogP contribution in [0, 0.1) is 0 Å². The molecule has 16 aromatic carbocycles. The van der Waals surface area contributed by atoms with Crippen molar-refractivity contribution in [1.29, 1.82) is 0 Å². The number of rotatable bonds is 7. The molecule has 16 aromatic rings. The van der Waals surface area contributed by atoms with Crippen LogP contribution in [0.4, 0.5) is 0 Å². The van der Waals surface area contributed by atoms with Crippen molar-refractivity contribution in [2.75, 3.05) is 0 Å². The van der Waals surface area contributed by atoms with Gasteiger partial charge in [0.2, 0.25) is 0 Å². The lowest BCUT2D eigenvalue weighted by Gasteiger charge is -2.17. The van der Waals surface area contributed by atoms with Crippen molar-refractivity contribution in [3.05, 3.63) is 279 Å². The lowest BCUT2D eigenvalue weighted by atomic mass is 9.86. The van der Waals surface area contributed by atoms with E-state index in [0.29, 0.717) is 0 Å². The third-order valence-corrected chi connectivity index (χ3v) is 16.6.